The van der Waals surface area contributed by atoms with Crippen molar-refractivity contribution in [1.29, 1.82) is 0 Å². The number of rotatable bonds is 8. The SMILES string of the molecule is COc1ccc(CCN2CCC[C@H](CN(C)Cc3cccnc3)C2)cc1. The highest BCUT2D eigenvalue weighted by atomic mass is 16.5. The molecule has 1 aromatic carbocycles. The van der Waals surface area contributed by atoms with Crippen LogP contribution in [0.1, 0.15) is 24.0 Å². The van der Waals surface area contributed by atoms with Gasteiger partial charge in [-0.1, -0.05) is 18.2 Å². The van der Waals surface area contributed by atoms with Crippen molar-refractivity contribution in [2.24, 2.45) is 5.92 Å². The first-order valence-electron chi connectivity index (χ1n) is 9.65. The van der Waals surface area contributed by atoms with E-state index < -0.39 is 0 Å². The van der Waals surface area contributed by atoms with Crippen LogP contribution < -0.4 is 4.74 Å². The fraction of sp³-hybridized carbons (Fsp3) is 0.500. The zero-order valence-electron chi connectivity index (χ0n) is 16.1. The van der Waals surface area contributed by atoms with E-state index in [4.69, 9.17) is 4.74 Å². The van der Waals surface area contributed by atoms with Gasteiger partial charge in [-0.25, -0.2) is 0 Å². The van der Waals surface area contributed by atoms with Crippen molar-refractivity contribution in [2.45, 2.75) is 25.8 Å². The summed E-state index contributed by atoms with van der Waals surface area (Å²) >= 11 is 0. The van der Waals surface area contributed by atoms with Crippen molar-refractivity contribution in [3.63, 3.8) is 0 Å². The first-order chi connectivity index (χ1) is 12.7. The zero-order chi connectivity index (χ0) is 18.2. The van der Waals surface area contributed by atoms with E-state index in [1.165, 1.54) is 37.1 Å². The van der Waals surface area contributed by atoms with Crippen LogP contribution in [0.4, 0.5) is 0 Å². The Bertz CT molecular complexity index is 644. The molecule has 1 aromatic heterocycles. The summed E-state index contributed by atoms with van der Waals surface area (Å²) in [5.41, 5.74) is 2.68. The monoisotopic (exact) mass is 353 g/mol. The van der Waals surface area contributed by atoms with Crippen molar-refractivity contribution in [3.8, 4) is 5.75 Å². The molecule has 1 aliphatic rings. The maximum atomic E-state index is 5.24. The summed E-state index contributed by atoms with van der Waals surface area (Å²) in [6.07, 6.45) is 7.58. The number of ether oxygens (including phenoxy) is 1. The van der Waals surface area contributed by atoms with Crippen molar-refractivity contribution in [2.75, 3.05) is 40.3 Å². The summed E-state index contributed by atoms with van der Waals surface area (Å²) in [5.74, 6) is 1.70. The second-order valence-electron chi connectivity index (χ2n) is 7.46. The van der Waals surface area contributed by atoms with Crippen LogP contribution >= 0.6 is 0 Å². The summed E-state index contributed by atoms with van der Waals surface area (Å²) in [6, 6.07) is 12.7. The largest absolute Gasteiger partial charge is 0.497 e. The van der Waals surface area contributed by atoms with Crippen LogP contribution in [0.5, 0.6) is 5.75 Å². The van der Waals surface area contributed by atoms with Crippen LogP contribution in [0.15, 0.2) is 48.8 Å². The fourth-order valence-corrected chi connectivity index (χ4v) is 3.89. The van der Waals surface area contributed by atoms with Crippen molar-refractivity contribution < 1.29 is 4.74 Å². The lowest BCUT2D eigenvalue weighted by atomic mass is 9.97. The van der Waals surface area contributed by atoms with Gasteiger partial charge in [0.25, 0.3) is 0 Å². The lowest BCUT2D eigenvalue weighted by Crippen LogP contribution is -2.40. The van der Waals surface area contributed by atoms with E-state index in [0.717, 1.165) is 37.7 Å². The van der Waals surface area contributed by atoms with Crippen molar-refractivity contribution in [3.05, 3.63) is 59.9 Å². The minimum atomic E-state index is 0.765. The second-order valence-corrected chi connectivity index (χ2v) is 7.46. The molecule has 0 spiro atoms. The number of likely N-dealkylation sites (tertiary alicyclic amines) is 1. The lowest BCUT2D eigenvalue weighted by molar-refractivity contribution is 0.142. The number of pyridine rings is 1. The van der Waals surface area contributed by atoms with Gasteiger partial charge in [0.2, 0.25) is 0 Å². The van der Waals surface area contributed by atoms with Gasteiger partial charge in [0.15, 0.2) is 0 Å². The van der Waals surface area contributed by atoms with E-state index >= 15 is 0 Å². The zero-order valence-corrected chi connectivity index (χ0v) is 16.1. The lowest BCUT2D eigenvalue weighted by Gasteiger charge is -2.34. The van der Waals surface area contributed by atoms with E-state index in [2.05, 4.69) is 52.2 Å². The Labute approximate surface area is 157 Å². The Kier molecular flexibility index (Phi) is 7.04. The number of benzene rings is 1. The average molecular weight is 354 g/mol. The van der Waals surface area contributed by atoms with E-state index in [1.54, 1.807) is 7.11 Å². The molecule has 140 valence electrons. The third-order valence-corrected chi connectivity index (χ3v) is 5.22. The third kappa shape index (κ3) is 5.82. The highest BCUT2D eigenvalue weighted by molar-refractivity contribution is 5.27. The van der Waals surface area contributed by atoms with Crippen LogP contribution in [0.2, 0.25) is 0 Å². The van der Waals surface area contributed by atoms with Crippen LogP contribution in [0.3, 0.4) is 0 Å². The van der Waals surface area contributed by atoms with E-state index in [9.17, 15) is 0 Å². The minimum Gasteiger partial charge on any atom is -0.497 e. The molecule has 0 aliphatic carbocycles. The second kappa shape index (κ2) is 9.70. The molecule has 2 heterocycles. The predicted octanol–water partition coefficient (Wildman–Crippen LogP) is 3.48. The van der Waals surface area contributed by atoms with E-state index in [1.807, 2.05) is 18.5 Å². The van der Waals surface area contributed by atoms with Crippen LogP contribution in [0.25, 0.3) is 0 Å². The van der Waals surface area contributed by atoms with Gasteiger partial charge < -0.3 is 14.5 Å². The maximum Gasteiger partial charge on any atom is 0.118 e. The molecule has 4 heteroatoms. The Balaban J connectivity index is 1.43. The Morgan fingerprint density at radius 1 is 1.19 bits per heavy atom. The van der Waals surface area contributed by atoms with Crippen LogP contribution in [-0.2, 0) is 13.0 Å². The number of hydrogen-bond donors (Lipinski definition) is 0. The first kappa shape index (κ1) is 18.9. The summed E-state index contributed by atoms with van der Waals surface area (Å²) in [6.45, 7) is 5.74. The standard InChI is InChI=1S/C22H31N3O/c1-24(16-20-5-3-12-23-15-20)17-21-6-4-13-25(18-21)14-11-19-7-9-22(26-2)10-8-19/h3,5,7-10,12,15,21H,4,6,11,13-14,16-18H2,1-2H3/t21-/m1/s1. The highest BCUT2D eigenvalue weighted by Crippen LogP contribution is 2.19. The van der Waals surface area contributed by atoms with Gasteiger partial charge in [0.05, 0.1) is 7.11 Å². The predicted molar refractivity (Wildman–Crippen MR) is 106 cm³/mol. The molecule has 2 aromatic rings. The molecule has 4 nitrogen and oxygen atoms in total. The Morgan fingerprint density at radius 3 is 2.77 bits per heavy atom. The first-order valence-corrected chi connectivity index (χ1v) is 9.65. The molecule has 1 fully saturated rings. The quantitative estimate of drug-likeness (QED) is 0.726. The maximum absolute atomic E-state index is 5.24. The van der Waals surface area contributed by atoms with E-state index in [0.29, 0.717) is 0 Å². The van der Waals surface area contributed by atoms with Gasteiger partial charge in [-0.3, -0.25) is 4.98 Å². The topological polar surface area (TPSA) is 28.6 Å². The molecular formula is C22H31N3O. The normalized spacial score (nSPS) is 18.2. The summed E-state index contributed by atoms with van der Waals surface area (Å²) in [7, 11) is 3.94. The van der Waals surface area contributed by atoms with Gasteiger partial charge in [-0.15, -0.1) is 0 Å². The third-order valence-electron chi connectivity index (χ3n) is 5.22. The van der Waals surface area contributed by atoms with Crippen LogP contribution in [-0.4, -0.2) is 55.1 Å². The molecule has 1 atom stereocenters. The number of aromatic nitrogens is 1. The van der Waals surface area contributed by atoms with E-state index in [-0.39, 0.29) is 0 Å². The molecule has 26 heavy (non-hydrogen) atoms. The summed E-state index contributed by atoms with van der Waals surface area (Å²) in [5, 5.41) is 0. The van der Waals surface area contributed by atoms with Crippen LogP contribution in [0, 0.1) is 5.92 Å². The number of piperidine rings is 1. The van der Waals surface area contributed by atoms with Crippen molar-refractivity contribution in [1.82, 2.24) is 14.8 Å². The van der Waals surface area contributed by atoms with Crippen molar-refractivity contribution >= 4 is 0 Å². The summed E-state index contributed by atoms with van der Waals surface area (Å²) < 4.78 is 5.24. The molecule has 0 amide bonds. The molecule has 3 rings (SSSR count). The molecule has 0 radical (unpaired) electrons. The summed E-state index contributed by atoms with van der Waals surface area (Å²) in [4.78, 5) is 9.29. The highest BCUT2D eigenvalue weighted by Gasteiger charge is 2.21. The number of hydrogen-bond acceptors (Lipinski definition) is 4. The molecular weight excluding hydrogens is 322 g/mol. The number of methoxy groups -OCH3 is 1. The minimum absolute atomic E-state index is 0.765. The average Bonchev–Trinajstić information content (AvgIpc) is 2.68. The Hall–Kier alpha value is -1.91. The molecule has 0 saturated carbocycles. The van der Waals surface area contributed by atoms with Gasteiger partial charge >= 0.3 is 0 Å². The van der Waals surface area contributed by atoms with Gasteiger partial charge in [0.1, 0.15) is 5.75 Å². The number of nitrogens with zero attached hydrogens (tertiary/aromatic N) is 3. The molecule has 0 bridgehead atoms. The van der Waals surface area contributed by atoms with Gasteiger partial charge in [-0.2, -0.15) is 0 Å². The van der Waals surface area contributed by atoms with Gasteiger partial charge in [-0.05, 0) is 68.1 Å². The Morgan fingerprint density at radius 2 is 2.04 bits per heavy atom. The molecule has 1 saturated heterocycles. The smallest absolute Gasteiger partial charge is 0.118 e. The molecule has 1 aliphatic heterocycles. The van der Waals surface area contributed by atoms with Gasteiger partial charge in [0, 0.05) is 38.6 Å². The molecule has 0 N–H and O–H groups in total. The molecule has 0 unspecified atom stereocenters. The fourth-order valence-electron chi connectivity index (χ4n) is 3.89.